The summed E-state index contributed by atoms with van der Waals surface area (Å²) in [6, 6.07) is 6.52. The molecular formula is C12H16BrN. The van der Waals surface area contributed by atoms with Crippen molar-refractivity contribution in [3.05, 3.63) is 28.2 Å². The molecule has 2 atom stereocenters. The summed E-state index contributed by atoms with van der Waals surface area (Å²) in [5.41, 5.74) is 2.96. The van der Waals surface area contributed by atoms with Gasteiger partial charge >= 0.3 is 0 Å². The van der Waals surface area contributed by atoms with E-state index in [1.807, 2.05) is 0 Å². The first kappa shape index (κ1) is 10.0. The molecule has 0 amide bonds. The summed E-state index contributed by atoms with van der Waals surface area (Å²) in [6.45, 7) is 6.84. The van der Waals surface area contributed by atoms with Crippen molar-refractivity contribution in [1.82, 2.24) is 0 Å². The standard InChI is InChI=1S/C12H16BrN/c1-4-12(3)8(2)10-6-5-9(13)7-11(10)14-12/h5-8,14H,4H2,1-3H3. The Hall–Kier alpha value is -0.500. The molecule has 0 spiro atoms. The van der Waals surface area contributed by atoms with Crippen molar-refractivity contribution in [3.63, 3.8) is 0 Å². The molecule has 1 N–H and O–H groups in total. The SMILES string of the molecule is CCC1(C)Nc2cc(Br)ccc2C1C. The normalized spacial score (nSPS) is 29.9. The van der Waals surface area contributed by atoms with Gasteiger partial charge in [-0.3, -0.25) is 0 Å². The van der Waals surface area contributed by atoms with Crippen molar-refractivity contribution in [3.8, 4) is 0 Å². The molecular weight excluding hydrogens is 238 g/mol. The van der Waals surface area contributed by atoms with E-state index in [-0.39, 0.29) is 5.54 Å². The second kappa shape index (κ2) is 3.27. The van der Waals surface area contributed by atoms with Crippen LogP contribution in [0, 0.1) is 0 Å². The maximum atomic E-state index is 3.62. The molecule has 2 unspecified atom stereocenters. The van der Waals surface area contributed by atoms with E-state index in [0.717, 1.165) is 10.9 Å². The van der Waals surface area contributed by atoms with Crippen LogP contribution >= 0.6 is 15.9 Å². The molecule has 0 fully saturated rings. The predicted molar refractivity (Wildman–Crippen MR) is 64.9 cm³/mol. The van der Waals surface area contributed by atoms with Crippen LogP contribution in [0.1, 0.15) is 38.7 Å². The molecule has 2 rings (SSSR count). The first-order chi connectivity index (χ1) is 6.57. The third-order valence-corrected chi connectivity index (χ3v) is 4.09. The molecule has 1 nitrogen and oxygen atoms in total. The van der Waals surface area contributed by atoms with Gasteiger partial charge in [0.1, 0.15) is 0 Å². The zero-order valence-corrected chi connectivity index (χ0v) is 10.5. The minimum absolute atomic E-state index is 0.225. The number of hydrogen-bond donors (Lipinski definition) is 1. The van der Waals surface area contributed by atoms with Crippen LogP contribution in [-0.2, 0) is 0 Å². The largest absolute Gasteiger partial charge is 0.379 e. The van der Waals surface area contributed by atoms with Crippen molar-refractivity contribution < 1.29 is 0 Å². The summed E-state index contributed by atoms with van der Waals surface area (Å²) in [6.07, 6.45) is 1.15. The Morgan fingerprint density at radius 1 is 1.50 bits per heavy atom. The molecule has 1 aromatic carbocycles. The third-order valence-electron chi connectivity index (χ3n) is 3.59. The molecule has 1 aliphatic rings. The van der Waals surface area contributed by atoms with Crippen LogP contribution in [-0.4, -0.2) is 5.54 Å². The van der Waals surface area contributed by atoms with Crippen LogP contribution in [0.3, 0.4) is 0 Å². The lowest BCUT2D eigenvalue weighted by Crippen LogP contribution is -2.33. The molecule has 1 aliphatic heterocycles. The Balaban J connectivity index is 2.45. The number of anilines is 1. The van der Waals surface area contributed by atoms with Crippen LogP contribution in [0.4, 0.5) is 5.69 Å². The minimum atomic E-state index is 0.225. The number of benzene rings is 1. The van der Waals surface area contributed by atoms with E-state index in [4.69, 9.17) is 0 Å². The predicted octanol–water partition coefficient (Wildman–Crippen LogP) is 4.15. The number of fused-ring (bicyclic) bond motifs is 1. The number of halogens is 1. The Kier molecular flexibility index (Phi) is 2.34. The van der Waals surface area contributed by atoms with E-state index >= 15 is 0 Å². The van der Waals surface area contributed by atoms with Gasteiger partial charge in [-0.2, -0.15) is 0 Å². The zero-order valence-electron chi connectivity index (χ0n) is 8.89. The maximum absolute atomic E-state index is 3.62. The molecule has 0 saturated carbocycles. The highest BCUT2D eigenvalue weighted by Gasteiger charge is 2.37. The highest BCUT2D eigenvalue weighted by Crippen LogP contribution is 2.44. The van der Waals surface area contributed by atoms with Crippen LogP contribution in [0.5, 0.6) is 0 Å². The molecule has 0 aromatic heterocycles. The van der Waals surface area contributed by atoms with Gasteiger partial charge in [-0.25, -0.2) is 0 Å². The molecule has 14 heavy (non-hydrogen) atoms. The summed E-state index contributed by atoms with van der Waals surface area (Å²) < 4.78 is 1.15. The van der Waals surface area contributed by atoms with Gasteiger partial charge in [0.15, 0.2) is 0 Å². The van der Waals surface area contributed by atoms with Gasteiger partial charge in [0.05, 0.1) is 0 Å². The molecule has 0 radical (unpaired) electrons. The highest BCUT2D eigenvalue weighted by molar-refractivity contribution is 9.10. The zero-order chi connectivity index (χ0) is 10.3. The lowest BCUT2D eigenvalue weighted by atomic mass is 9.84. The van der Waals surface area contributed by atoms with Crippen molar-refractivity contribution >= 4 is 21.6 Å². The lowest BCUT2D eigenvalue weighted by molar-refractivity contribution is 0.443. The second-order valence-electron chi connectivity index (χ2n) is 4.35. The topological polar surface area (TPSA) is 12.0 Å². The van der Waals surface area contributed by atoms with E-state index in [2.05, 4.69) is 60.2 Å². The Morgan fingerprint density at radius 2 is 2.21 bits per heavy atom. The Labute approximate surface area is 94.0 Å². The van der Waals surface area contributed by atoms with Gasteiger partial charge in [-0.1, -0.05) is 35.8 Å². The van der Waals surface area contributed by atoms with Gasteiger partial charge in [-0.15, -0.1) is 0 Å². The summed E-state index contributed by atoms with van der Waals surface area (Å²) in [5, 5.41) is 3.62. The van der Waals surface area contributed by atoms with Crippen LogP contribution in [0.15, 0.2) is 22.7 Å². The van der Waals surface area contributed by atoms with E-state index in [1.165, 1.54) is 11.3 Å². The van der Waals surface area contributed by atoms with Crippen molar-refractivity contribution in [2.24, 2.45) is 0 Å². The molecule has 76 valence electrons. The summed E-state index contributed by atoms with van der Waals surface area (Å²) >= 11 is 3.50. The van der Waals surface area contributed by atoms with Gasteiger partial charge in [-0.05, 0) is 31.0 Å². The fourth-order valence-electron chi connectivity index (χ4n) is 2.17. The van der Waals surface area contributed by atoms with Crippen molar-refractivity contribution in [2.45, 2.75) is 38.6 Å². The van der Waals surface area contributed by atoms with Crippen molar-refractivity contribution in [2.75, 3.05) is 5.32 Å². The smallest absolute Gasteiger partial charge is 0.0409 e. The number of nitrogens with one attached hydrogen (secondary N) is 1. The van der Waals surface area contributed by atoms with Gasteiger partial charge in [0, 0.05) is 21.6 Å². The van der Waals surface area contributed by atoms with Crippen LogP contribution < -0.4 is 5.32 Å². The molecule has 0 bridgehead atoms. The van der Waals surface area contributed by atoms with Crippen LogP contribution in [0.25, 0.3) is 0 Å². The van der Waals surface area contributed by atoms with E-state index in [0.29, 0.717) is 5.92 Å². The van der Waals surface area contributed by atoms with Gasteiger partial charge in [0.2, 0.25) is 0 Å². The average Bonchev–Trinajstić information content (AvgIpc) is 2.40. The monoisotopic (exact) mass is 253 g/mol. The molecule has 0 aliphatic carbocycles. The fourth-order valence-corrected chi connectivity index (χ4v) is 2.53. The molecule has 1 heterocycles. The summed E-state index contributed by atoms with van der Waals surface area (Å²) in [4.78, 5) is 0. The first-order valence-corrected chi connectivity index (χ1v) is 5.94. The first-order valence-electron chi connectivity index (χ1n) is 5.14. The van der Waals surface area contributed by atoms with Gasteiger partial charge < -0.3 is 5.32 Å². The Bertz CT molecular complexity index is 361. The highest BCUT2D eigenvalue weighted by atomic mass is 79.9. The summed E-state index contributed by atoms with van der Waals surface area (Å²) in [5.74, 6) is 0.593. The average molecular weight is 254 g/mol. The summed E-state index contributed by atoms with van der Waals surface area (Å²) in [7, 11) is 0. The Morgan fingerprint density at radius 3 is 2.86 bits per heavy atom. The maximum Gasteiger partial charge on any atom is 0.0409 e. The fraction of sp³-hybridized carbons (Fsp3) is 0.500. The van der Waals surface area contributed by atoms with Crippen molar-refractivity contribution in [1.29, 1.82) is 0 Å². The third kappa shape index (κ3) is 1.36. The quantitative estimate of drug-likeness (QED) is 0.793. The van der Waals surface area contributed by atoms with Gasteiger partial charge in [0.25, 0.3) is 0 Å². The van der Waals surface area contributed by atoms with E-state index in [9.17, 15) is 0 Å². The minimum Gasteiger partial charge on any atom is -0.379 e. The number of hydrogen-bond acceptors (Lipinski definition) is 1. The molecule has 2 heteroatoms. The van der Waals surface area contributed by atoms with E-state index in [1.54, 1.807) is 0 Å². The molecule has 1 aromatic rings. The lowest BCUT2D eigenvalue weighted by Gasteiger charge is -2.28. The number of rotatable bonds is 1. The second-order valence-corrected chi connectivity index (χ2v) is 5.26. The molecule has 0 saturated heterocycles. The van der Waals surface area contributed by atoms with E-state index < -0.39 is 0 Å². The van der Waals surface area contributed by atoms with Crippen LogP contribution in [0.2, 0.25) is 0 Å².